The van der Waals surface area contributed by atoms with Gasteiger partial charge in [-0.15, -0.1) is 0 Å². The molecule has 1 unspecified atom stereocenters. The minimum atomic E-state index is -1.88. The highest BCUT2D eigenvalue weighted by atomic mass is 16.4. The van der Waals surface area contributed by atoms with Crippen LogP contribution in [0.15, 0.2) is 33.9 Å². The summed E-state index contributed by atoms with van der Waals surface area (Å²) in [4.78, 5) is 7.67. The first-order valence-electron chi connectivity index (χ1n) is 3.73. The third kappa shape index (κ3) is 1.25. The van der Waals surface area contributed by atoms with Gasteiger partial charge in [0.2, 0.25) is 0 Å². The fraction of sp³-hybridized carbons (Fsp3) is 0.143. The van der Waals surface area contributed by atoms with Gasteiger partial charge in [-0.1, -0.05) is 0 Å². The lowest BCUT2D eigenvalue weighted by Gasteiger charge is -2.21. The van der Waals surface area contributed by atoms with Gasteiger partial charge in [-0.05, 0) is 12.2 Å². The summed E-state index contributed by atoms with van der Waals surface area (Å²) in [5.74, 6) is 0.477. The molecule has 0 radical (unpaired) electrons. The maximum atomic E-state index is 9.58. The molecule has 13 heavy (non-hydrogen) atoms. The van der Waals surface area contributed by atoms with Crippen molar-refractivity contribution in [2.45, 2.75) is 5.50 Å². The molecule has 0 spiro atoms. The summed E-state index contributed by atoms with van der Waals surface area (Å²) < 4.78 is 0. The SMILES string of the molecule is OB(O)C1(O)C=NC2=NC=CC2=C1. The van der Waals surface area contributed by atoms with Gasteiger partial charge in [-0.2, -0.15) is 0 Å². The maximum Gasteiger partial charge on any atom is 0.495 e. The Morgan fingerprint density at radius 3 is 2.85 bits per heavy atom. The second kappa shape index (κ2) is 2.63. The molecule has 66 valence electrons. The number of hydrogen-bond acceptors (Lipinski definition) is 5. The van der Waals surface area contributed by atoms with Crippen LogP contribution in [0.2, 0.25) is 0 Å². The van der Waals surface area contributed by atoms with E-state index < -0.39 is 12.6 Å². The molecule has 6 heteroatoms. The lowest BCUT2D eigenvalue weighted by molar-refractivity contribution is 0.192. The van der Waals surface area contributed by atoms with Gasteiger partial charge in [0.05, 0.1) is 0 Å². The van der Waals surface area contributed by atoms with E-state index in [-0.39, 0.29) is 0 Å². The Bertz CT molecular complexity index is 359. The Kier molecular flexibility index (Phi) is 1.69. The Balaban J connectivity index is 2.39. The summed E-state index contributed by atoms with van der Waals surface area (Å²) in [7, 11) is -1.88. The minimum Gasteiger partial charge on any atom is -0.425 e. The predicted octanol–water partition coefficient (Wildman–Crippen LogP) is -1.33. The highest BCUT2D eigenvalue weighted by Gasteiger charge is 2.39. The number of aliphatic imine (C=N–C) groups is 2. The number of amidine groups is 1. The lowest BCUT2D eigenvalue weighted by Crippen LogP contribution is -2.48. The molecule has 2 aliphatic rings. The Morgan fingerprint density at radius 2 is 2.15 bits per heavy atom. The highest BCUT2D eigenvalue weighted by molar-refractivity contribution is 6.52. The van der Waals surface area contributed by atoms with Crippen LogP contribution in [0.25, 0.3) is 0 Å². The van der Waals surface area contributed by atoms with Gasteiger partial charge < -0.3 is 15.2 Å². The van der Waals surface area contributed by atoms with Crippen LogP contribution in [0.3, 0.4) is 0 Å². The average Bonchev–Trinajstić information content (AvgIpc) is 2.50. The van der Waals surface area contributed by atoms with Crippen molar-refractivity contribution in [2.75, 3.05) is 0 Å². The smallest absolute Gasteiger partial charge is 0.425 e. The lowest BCUT2D eigenvalue weighted by atomic mass is 9.67. The van der Waals surface area contributed by atoms with Crippen molar-refractivity contribution in [2.24, 2.45) is 9.98 Å². The minimum absolute atomic E-state index is 0.477. The van der Waals surface area contributed by atoms with E-state index in [0.29, 0.717) is 11.4 Å². The van der Waals surface area contributed by atoms with Crippen molar-refractivity contribution in [1.82, 2.24) is 0 Å². The van der Waals surface area contributed by atoms with E-state index in [2.05, 4.69) is 9.98 Å². The van der Waals surface area contributed by atoms with E-state index in [1.54, 1.807) is 6.08 Å². The zero-order valence-corrected chi connectivity index (χ0v) is 6.62. The van der Waals surface area contributed by atoms with Crippen LogP contribution >= 0.6 is 0 Å². The van der Waals surface area contributed by atoms with Crippen LogP contribution in [0.1, 0.15) is 0 Å². The molecule has 1 atom stereocenters. The quantitative estimate of drug-likeness (QED) is 0.434. The summed E-state index contributed by atoms with van der Waals surface area (Å²) in [5, 5.41) is 27.3. The highest BCUT2D eigenvalue weighted by Crippen LogP contribution is 2.20. The molecule has 0 aromatic carbocycles. The van der Waals surface area contributed by atoms with Gasteiger partial charge in [0.25, 0.3) is 0 Å². The summed E-state index contributed by atoms with van der Waals surface area (Å²) >= 11 is 0. The second-order valence-electron chi connectivity index (χ2n) is 2.89. The number of nitrogens with zero attached hydrogens (tertiary/aromatic N) is 2. The number of hydrogen-bond donors (Lipinski definition) is 3. The molecule has 0 fully saturated rings. The predicted molar refractivity (Wildman–Crippen MR) is 48.3 cm³/mol. The van der Waals surface area contributed by atoms with Crippen LogP contribution in [-0.2, 0) is 0 Å². The number of aliphatic hydroxyl groups is 1. The fourth-order valence-corrected chi connectivity index (χ4v) is 1.15. The molecular formula is C7H7BN2O3. The molecule has 3 N–H and O–H groups in total. The van der Waals surface area contributed by atoms with E-state index in [9.17, 15) is 5.11 Å². The van der Waals surface area contributed by atoms with Crippen molar-refractivity contribution in [3.05, 3.63) is 23.9 Å². The van der Waals surface area contributed by atoms with Crippen molar-refractivity contribution in [3.8, 4) is 0 Å². The first kappa shape index (κ1) is 8.37. The third-order valence-electron chi connectivity index (χ3n) is 1.90. The van der Waals surface area contributed by atoms with Crippen LogP contribution in [0.4, 0.5) is 0 Å². The molecule has 2 heterocycles. The van der Waals surface area contributed by atoms with E-state index in [4.69, 9.17) is 10.0 Å². The topological polar surface area (TPSA) is 85.4 Å². The first-order chi connectivity index (χ1) is 6.12. The standard InChI is InChI=1S/C7H7BN2O3/c11-7(8(12)13)3-5-1-2-9-6(5)10-4-7/h1-4,11-13H. The molecule has 0 aliphatic carbocycles. The van der Waals surface area contributed by atoms with Crippen molar-refractivity contribution in [1.29, 1.82) is 0 Å². The fourth-order valence-electron chi connectivity index (χ4n) is 1.15. The Hall–Kier alpha value is -1.24. The number of rotatable bonds is 1. The molecule has 2 rings (SSSR count). The van der Waals surface area contributed by atoms with E-state index in [1.165, 1.54) is 12.3 Å². The van der Waals surface area contributed by atoms with Crippen LogP contribution in [0, 0.1) is 0 Å². The van der Waals surface area contributed by atoms with E-state index in [0.717, 1.165) is 6.21 Å². The zero-order valence-electron chi connectivity index (χ0n) is 6.62. The van der Waals surface area contributed by atoms with Crippen molar-refractivity contribution >= 4 is 19.2 Å². The normalized spacial score (nSPS) is 29.8. The van der Waals surface area contributed by atoms with Gasteiger partial charge in [-0.3, -0.25) is 0 Å². The van der Waals surface area contributed by atoms with E-state index >= 15 is 0 Å². The monoisotopic (exact) mass is 178 g/mol. The first-order valence-corrected chi connectivity index (χ1v) is 3.73. The number of fused-ring (bicyclic) bond motifs is 1. The molecule has 5 nitrogen and oxygen atoms in total. The zero-order chi connectivity index (χ0) is 9.47. The summed E-state index contributed by atoms with van der Waals surface area (Å²) in [6.07, 6.45) is 5.55. The van der Waals surface area contributed by atoms with Gasteiger partial charge >= 0.3 is 7.12 Å². The van der Waals surface area contributed by atoms with Crippen LogP contribution in [0.5, 0.6) is 0 Å². The van der Waals surface area contributed by atoms with Gasteiger partial charge in [0.15, 0.2) is 11.3 Å². The molecule has 0 saturated heterocycles. The van der Waals surface area contributed by atoms with Gasteiger partial charge in [0, 0.05) is 18.0 Å². The molecule has 0 aromatic rings. The largest absolute Gasteiger partial charge is 0.495 e. The summed E-state index contributed by atoms with van der Waals surface area (Å²) in [5.41, 5.74) is -1.21. The Morgan fingerprint density at radius 1 is 1.38 bits per heavy atom. The van der Waals surface area contributed by atoms with E-state index in [1.807, 2.05) is 0 Å². The molecule has 0 aromatic heterocycles. The molecule has 2 aliphatic heterocycles. The van der Waals surface area contributed by atoms with Crippen LogP contribution < -0.4 is 0 Å². The molecule has 0 amide bonds. The maximum absolute atomic E-state index is 9.58. The second-order valence-corrected chi connectivity index (χ2v) is 2.89. The third-order valence-corrected chi connectivity index (χ3v) is 1.90. The van der Waals surface area contributed by atoms with Gasteiger partial charge in [0.1, 0.15) is 0 Å². The molecule has 0 bridgehead atoms. The summed E-state index contributed by atoms with van der Waals surface area (Å²) in [6, 6.07) is 0. The van der Waals surface area contributed by atoms with Crippen LogP contribution in [-0.4, -0.2) is 39.8 Å². The van der Waals surface area contributed by atoms with Crippen molar-refractivity contribution in [3.63, 3.8) is 0 Å². The average molecular weight is 178 g/mol. The van der Waals surface area contributed by atoms with Crippen molar-refractivity contribution < 1.29 is 15.2 Å². The Labute approximate surface area is 74.6 Å². The molecule has 0 saturated carbocycles. The summed E-state index contributed by atoms with van der Waals surface area (Å²) in [6.45, 7) is 0. The number of dihydropyridines is 1. The molecular weight excluding hydrogens is 171 g/mol. The van der Waals surface area contributed by atoms with Gasteiger partial charge in [-0.25, -0.2) is 9.98 Å².